The first-order chi connectivity index (χ1) is 17.2. The van der Waals surface area contributed by atoms with Crippen LogP contribution < -0.4 is 16.6 Å². The second-order valence-electron chi connectivity index (χ2n) is 8.24. The molecule has 1 amide bonds. The molecule has 0 bridgehead atoms. The van der Waals surface area contributed by atoms with Crippen molar-refractivity contribution in [2.45, 2.75) is 19.0 Å². The van der Waals surface area contributed by atoms with E-state index >= 15 is 0 Å². The molecule has 2 aromatic carbocycles. The number of benzene rings is 2. The lowest BCUT2D eigenvalue weighted by Gasteiger charge is -2.22. The molecule has 3 N–H and O–H groups in total. The molecule has 0 aliphatic carbocycles. The monoisotopic (exact) mass is 493 g/mol. The number of fused-ring (bicyclic) bond motifs is 2. The fourth-order valence-electron chi connectivity index (χ4n) is 4.26. The molecule has 5 rings (SSSR count). The van der Waals surface area contributed by atoms with Gasteiger partial charge in [-0.05, 0) is 31.2 Å². The second kappa shape index (κ2) is 8.84. The zero-order valence-corrected chi connectivity index (χ0v) is 18.7. The van der Waals surface area contributed by atoms with Crippen LogP contribution in [0.2, 0.25) is 0 Å². The van der Waals surface area contributed by atoms with Crippen molar-refractivity contribution in [1.82, 2.24) is 24.8 Å². The summed E-state index contributed by atoms with van der Waals surface area (Å²) < 4.78 is 42.2. The van der Waals surface area contributed by atoms with E-state index in [1.807, 2.05) is 0 Å². The number of rotatable bonds is 5. The molecule has 5 aromatic rings. The number of nitrogens with one attached hydrogen (secondary N) is 3. The first-order valence-electron chi connectivity index (χ1n) is 10.9. The van der Waals surface area contributed by atoms with Gasteiger partial charge in [0.05, 0.1) is 28.8 Å². The Bertz CT molecular complexity index is 1760. The van der Waals surface area contributed by atoms with Gasteiger partial charge in [-0.1, -0.05) is 18.2 Å². The Morgan fingerprint density at radius 1 is 1.00 bits per heavy atom. The zero-order chi connectivity index (χ0) is 25.6. The molecular weight excluding hydrogens is 475 g/mol. The second-order valence-corrected chi connectivity index (χ2v) is 8.24. The maximum absolute atomic E-state index is 14.3. The molecule has 3 heterocycles. The molecule has 0 radical (unpaired) electrons. The Balaban J connectivity index is 1.68. The highest BCUT2D eigenvalue weighted by Crippen LogP contribution is 2.27. The highest BCUT2D eigenvalue weighted by Gasteiger charge is 2.31. The number of carbonyl (C=O) groups excluding carboxylic acids is 1. The lowest BCUT2D eigenvalue weighted by atomic mass is 10.0. The van der Waals surface area contributed by atoms with Gasteiger partial charge < -0.3 is 15.3 Å². The van der Waals surface area contributed by atoms with Gasteiger partial charge in [-0.25, -0.2) is 22.5 Å². The maximum Gasteiger partial charge on any atom is 0.329 e. The molecule has 0 fully saturated rings. The molecule has 0 unspecified atom stereocenters. The van der Waals surface area contributed by atoms with E-state index < -0.39 is 46.7 Å². The van der Waals surface area contributed by atoms with Crippen molar-refractivity contribution < 1.29 is 18.0 Å². The third-order valence-electron chi connectivity index (χ3n) is 5.92. The molecule has 182 valence electrons. The van der Waals surface area contributed by atoms with Crippen LogP contribution in [-0.2, 0) is 4.79 Å². The summed E-state index contributed by atoms with van der Waals surface area (Å²) >= 11 is 0. The van der Waals surface area contributed by atoms with Gasteiger partial charge in [-0.15, -0.1) is 0 Å². The highest BCUT2D eigenvalue weighted by atomic mass is 19.1. The summed E-state index contributed by atoms with van der Waals surface area (Å²) in [6, 6.07) is 8.32. The van der Waals surface area contributed by atoms with Crippen molar-refractivity contribution in [1.29, 1.82) is 0 Å². The number of hydrogen-bond acceptors (Lipinski definition) is 4. The average molecular weight is 493 g/mol. The van der Waals surface area contributed by atoms with Crippen LogP contribution in [0.3, 0.4) is 0 Å². The molecule has 0 aliphatic heterocycles. The number of hydrogen-bond donors (Lipinski definition) is 3. The SMILES string of the molecule is C[C@@H](NC(=O)[C@H](c1c[nH]c2ccccc12)n1c(=O)[nH]c2ccc(F)cc2c1=O)c1ncc(F)cc1F. The maximum atomic E-state index is 14.3. The summed E-state index contributed by atoms with van der Waals surface area (Å²) in [4.78, 5) is 49.3. The van der Waals surface area contributed by atoms with Crippen LogP contribution in [-0.4, -0.2) is 25.4 Å². The van der Waals surface area contributed by atoms with Crippen LogP contribution in [0.1, 0.15) is 30.3 Å². The number of carbonyl (C=O) groups is 1. The van der Waals surface area contributed by atoms with E-state index in [9.17, 15) is 27.6 Å². The summed E-state index contributed by atoms with van der Waals surface area (Å²) in [5.41, 5.74) is -0.997. The topological polar surface area (TPSA) is 113 Å². The van der Waals surface area contributed by atoms with Crippen molar-refractivity contribution in [3.63, 3.8) is 0 Å². The van der Waals surface area contributed by atoms with Crippen LogP contribution in [0, 0.1) is 17.5 Å². The minimum Gasteiger partial charge on any atom is -0.361 e. The van der Waals surface area contributed by atoms with Gasteiger partial charge in [0.15, 0.2) is 0 Å². The van der Waals surface area contributed by atoms with Gasteiger partial charge in [0.25, 0.3) is 5.56 Å². The van der Waals surface area contributed by atoms with Crippen LogP contribution in [0.15, 0.2) is 70.5 Å². The molecule has 36 heavy (non-hydrogen) atoms. The molecule has 0 saturated heterocycles. The standard InChI is InChI=1S/C25H18F3N5O3/c1-12(21-18(28)9-14(27)10-30-21)31-23(34)22(17-11-29-19-5-3-2-4-15(17)19)33-24(35)16-8-13(26)6-7-20(16)32-25(33)36/h2-12,22,29H,1H3,(H,31,34)(H,32,36)/t12-,22+/m1/s1. The van der Waals surface area contributed by atoms with Crippen molar-refractivity contribution >= 4 is 27.7 Å². The molecule has 2 atom stereocenters. The van der Waals surface area contributed by atoms with Gasteiger partial charge in [0.2, 0.25) is 5.91 Å². The zero-order valence-electron chi connectivity index (χ0n) is 18.7. The fraction of sp³-hybridized carbons (Fsp3) is 0.120. The molecular formula is C25H18F3N5O3. The van der Waals surface area contributed by atoms with E-state index in [-0.39, 0.29) is 22.2 Å². The van der Waals surface area contributed by atoms with E-state index in [1.165, 1.54) is 19.2 Å². The van der Waals surface area contributed by atoms with E-state index in [2.05, 4.69) is 20.3 Å². The Morgan fingerprint density at radius 2 is 1.78 bits per heavy atom. The highest BCUT2D eigenvalue weighted by molar-refractivity contribution is 5.92. The van der Waals surface area contributed by atoms with E-state index in [0.717, 1.165) is 18.3 Å². The van der Waals surface area contributed by atoms with Gasteiger partial charge in [-0.2, -0.15) is 0 Å². The van der Waals surface area contributed by atoms with E-state index in [0.29, 0.717) is 21.5 Å². The number of H-pyrrole nitrogens is 2. The van der Waals surface area contributed by atoms with Crippen LogP contribution >= 0.6 is 0 Å². The summed E-state index contributed by atoms with van der Waals surface area (Å²) in [6.07, 6.45) is 2.29. The van der Waals surface area contributed by atoms with Crippen molar-refractivity contribution in [2.24, 2.45) is 0 Å². The van der Waals surface area contributed by atoms with Crippen LogP contribution in [0.5, 0.6) is 0 Å². The summed E-state index contributed by atoms with van der Waals surface area (Å²) in [5.74, 6) is -3.38. The van der Waals surface area contributed by atoms with Crippen molar-refractivity contribution in [2.75, 3.05) is 0 Å². The lowest BCUT2D eigenvalue weighted by Crippen LogP contribution is -2.45. The minimum absolute atomic E-state index is 0.103. The average Bonchev–Trinajstić information content (AvgIpc) is 3.25. The largest absolute Gasteiger partial charge is 0.361 e. The molecule has 0 saturated carbocycles. The van der Waals surface area contributed by atoms with Gasteiger partial charge in [0, 0.05) is 28.7 Å². The van der Waals surface area contributed by atoms with Gasteiger partial charge >= 0.3 is 5.69 Å². The predicted octanol–water partition coefficient (Wildman–Crippen LogP) is 3.45. The molecule has 8 nitrogen and oxygen atoms in total. The predicted molar refractivity (Wildman–Crippen MR) is 126 cm³/mol. The quantitative estimate of drug-likeness (QED) is 0.348. The first-order valence-corrected chi connectivity index (χ1v) is 10.9. The first kappa shape index (κ1) is 23.1. The third kappa shape index (κ3) is 3.94. The molecule has 0 aliphatic rings. The Kier molecular flexibility index (Phi) is 5.67. The van der Waals surface area contributed by atoms with Gasteiger partial charge in [0.1, 0.15) is 23.5 Å². The van der Waals surface area contributed by atoms with Gasteiger partial charge in [-0.3, -0.25) is 14.6 Å². The minimum atomic E-state index is -1.52. The number of aromatic amines is 2. The number of halogens is 3. The Labute approximate surface area is 200 Å². The van der Waals surface area contributed by atoms with Crippen LogP contribution in [0.25, 0.3) is 21.8 Å². The normalized spacial score (nSPS) is 13.1. The van der Waals surface area contributed by atoms with Crippen molar-refractivity contribution in [3.8, 4) is 0 Å². The Hall–Kier alpha value is -4.67. The van der Waals surface area contributed by atoms with Crippen LogP contribution in [0.4, 0.5) is 13.2 Å². The third-order valence-corrected chi connectivity index (χ3v) is 5.92. The van der Waals surface area contributed by atoms with E-state index in [4.69, 9.17) is 0 Å². The smallest absolute Gasteiger partial charge is 0.329 e. The number of nitrogens with zero attached hydrogens (tertiary/aromatic N) is 2. The Morgan fingerprint density at radius 3 is 2.56 bits per heavy atom. The molecule has 3 aromatic heterocycles. The summed E-state index contributed by atoms with van der Waals surface area (Å²) in [5, 5.41) is 2.98. The number of pyridine rings is 1. The van der Waals surface area contributed by atoms with Crippen molar-refractivity contribution in [3.05, 3.63) is 110 Å². The summed E-state index contributed by atoms with van der Waals surface area (Å²) in [7, 11) is 0. The fourth-order valence-corrected chi connectivity index (χ4v) is 4.26. The number of amides is 1. The molecule has 0 spiro atoms. The van der Waals surface area contributed by atoms with E-state index in [1.54, 1.807) is 24.3 Å². The summed E-state index contributed by atoms with van der Waals surface area (Å²) in [6.45, 7) is 1.43. The molecule has 11 heteroatoms. The lowest BCUT2D eigenvalue weighted by molar-refractivity contribution is -0.124. The number of para-hydroxylation sites is 1. The number of aromatic nitrogens is 4.